The number of hydrogen-bond donors (Lipinski definition) is 1. The van der Waals surface area contributed by atoms with E-state index in [0.717, 1.165) is 16.4 Å². The number of halogens is 1. The van der Waals surface area contributed by atoms with Gasteiger partial charge in [0.1, 0.15) is 24.2 Å². The van der Waals surface area contributed by atoms with Gasteiger partial charge in [0, 0.05) is 19.7 Å². The van der Waals surface area contributed by atoms with E-state index in [0.29, 0.717) is 17.1 Å². The molecule has 10 nitrogen and oxygen atoms in total. The average Bonchev–Trinajstić information content (AvgIpc) is 2.99. The number of likely N-dealkylation sites (N-methyl/N-ethyl adjacent to an activating group) is 1. The monoisotopic (exact) mass is 587 g/mol. The van der Waals surface area contributed by atoms with Crippen LogP contribution in [0.5, 0.6) is 17.2 Å². The van der Waals surface area contributed by atoms with Crippen molar-refractivity contribution in [3.05, 3.63) is 78.1 Å². The number of carbonyl (C=O) groups excluding carboxylic acids is 2. The van der Waals surface area contributed by atoms with Gasteiger partial charge in [-0.25, -0.2) is 12.8 Å². The third-order valence-corrected chi connectivity index (χ3v) is 8.25. The first-order chi connectivity index (χ1) is 19.6. The lowest BCUT2D eigenvalue weighted by molar-refractivity contribution is -0.140. The van der Waals surface area contributed by atoms with Crippen molar-refractivity contribution >= 4 is 27.5 Å². The number of carbonyl (C=O) groups is 2. The lowest BCUT2D eigenvalue weighted by Gasteiger charge is -2.33. The molecular weight excluding hydrogens is 553 g/mol. The number of benzene rings is 3. The molecule has 3 rings (SSSR count). The molecular formula is C29H34FN3O7S. The summed E-state index contributed by atoms with van der Waals surface area (Å²) < 4.78 is 58.3. The molecule has 3 aromatic rings. The fourth-order valence-corrected chi connectivity index (χ4v) is 5.68. The lowest BCUT2D eigenvalue weighted by atomic mass is 10.1. The molecule has 0 saturated carbocycles. The molecule has 0 heterocycles. The predicted molar refractivity (Wildman–Crippen MR) is 152 cm³/mol. The summed E-state index contributed by atoms with van der Waals surface area (Å²) in [5.41, 5.74) is 0.768. The van der Waals surface area contributed by atoms with Crippen LogP contribution in [0.1, 0.15) is 18.9 Å². The fourth-order valence-electron chi connectivity index (χ4n) is 4.25. The molecule has 3 aromatic carbocycles. The van der Waals surface area contributed by atoms with Gasteiger partial charge in [0.2, 0.25) is 11.8 Å². The first kappa shape index (κ1) is 31.2. The van der Waals surface area contributed by atoms with Crippen LogP contribution in [0.3, 0.4) is 0 Å². The van der Waals surface area contributed by atoms with Crippen molar-refractivity contribution in [3.63, 3.8) is 0 Å². The van der Waals surface area contributed by atoms with Gasteiger partial charge in [-0.2, -0.15) is 0 Å². The van der Waals surface area contributed by atoms with Crippen LogP contribution in [0, 0.1) is 5.82 Å². The molecule has 1 atom stereocenters. The summed E-state index contributed by atoms with van der Waals surface area (Å²) >= 11 is 0. The van der Waals surface area contributed by atoms with Gasteiger partial charge in [0.15, 0.2) is 11.5 Å². The van der Waals surface area contributed by atoms with E-state index in [4.69, 9.17) is 14.2 Å². The Bertz CT molecular complexity index is 1450. The topological polar surface area (TPSA) is 114 Å². The van der Waals surface area contributed by atoms with Crippen molar-refractivity contribution in [2.75, 3.05) is 39.2 Å². The van der Waals surface area contributed by atoms with Crippen LogP contribution >= 0.6 is 0 Å². The van der Waals surface area contributed by atoms with E-state index in [2.05, 4.69) is 5.32 Å². The maximum atomic E-state index is 14.0. The zero-order valence-electron chi connectivity index (χ0n) is 23.6. The normalized spacial score (nSPS) is 11.8. The summed E-state index contributed by atoms with van der Waals surface area (Å²) in [6.07, 6.45) is 0.278. The van der Waals surface area contributed by atoms with Crippen LogP contribution in [0.15, 0.2) is 71.6 Å². The molecule has 0 fully saturated rings. The molecule has 2 amide bonds. The second kappa shape index (κ2) is 13.8. The Hall–Kier alpha value is -4.32. The predicted octanol–water partition coefficient (Wildman–Crippen LogP) is 3.60. The third kappa shape index (κ3) is 7.26. The zero-order chi connectivity index (χ0) is 30.2. The smallest absolute Gasteiger partial charge is 0.264 e. The second-order valence-corrected chi connectivity index (χ2v) is 10.8. The van der Waals surface area contributed by atoms with Crippen molar-refractivity contribution in [2.45, 2.75) is 30.8 Å². The van der Waals surface area contributed by atoms with Crippen LogP contribution in [-0.4, -0.2) is 66.1 Å². The molecule has 0 radical (unpaired) electrons. The number of hydrogen-bond acceptors (Lipinski definition) is 7. The van der Waals surface area contributed by atoms with Gasteiger partial charge in [0.05, 0.1) is 31.9 Å². The number of amides is 2. The van der Waals surface area contributed by atoms with Gasteiger partial charge in [-0.3, -0.25) is 13.9 Å². The summed E-state index contributed by atoms with van der Waals surface area (Å²) in [7, 11) is 1.41. The van der Waals surface area contributed by atoms with E-state index in [9.17, 15) is 22.4 Å². The molecule has 12 heteroatoms. The van der Waals surface area contributed by atoms with Crippen LogP contribution in [0.2, 0.25) is 0 Å². The molecule has 0 unspecified atom stereocenters. The van der Waals surface area contributed by atoms with Crippen LogP contribution in [0.4, 0.5) is 10.1 Å². The SMILES string of the molecule is CC[C@H](C(=O)NC)N(Cc1ccc(OC)cc1)C(=O)CN(c1ccc(F)cc1)S(=O)(=O)c1ccc(OC)c(OC)c1. The van der Waals surface area contributed by atoms with Gasteiger partial charge >= 0.3 is 0 Å². The minimum atomic E-state index is -4.38. The van der Waals surface area contributed by atoms with Gasteiger partial charge in [0.25, 0.3) is 10.0 Å². The highest BCUT2D eigenvalue weighted by molar-refractivity contribution is 7.92. The quantitative estimate of drug-likeness (QED) is 0.325. The van der Waals surface area contributed by atoms with E-state index >= 15 is 0 Å². The standard InChI is InChI=1S/C29H34FN3O7S/c1-6-25(29(35)31-2)32(18-20-7-13-23(38-3)14-8-20)28(34)19-33(22-11-9-21(30)10-12-22)41(36,37)24-15-16-26(39-4)27(17-24)40-5/h7-17,25H,6,18-19H2,1-5H3,(H,31,35)/t25-/m1/s1. The van der Waals surface area contributed by atoms with E-state index in [1.54, 1.807) is 31.2 Å². The first-order valence-corrected chi connectivity index (χ1v) is 14.2. The number of sulfonamides is 1. The van der Waals surface area contributed by atoms with E-state index in [1.165, 1.54) is 63.6 Å². The number of ether oxygens (including phenoxy) is 3. The van der Waals surface area contributed by atoms with Crippen molar-refractivity contribution in [1.82, 2.24) is 10.2 Å². The molecule has 0 aliphatic heterocycles. The van der Waals surface area contributed by atoms with Gasteiger partial charge in [-0.05, 0) is 60.5 Å². The van der Waals surface area contributed by atoms with Crippen LogP contribution in [-0.2, 0) is 26.2 Å². The third-order valence-electron chi connectivity index (χ3n) is 6.48. The van der Waals surface area contributed by atoms with Crippen molar-refractivity contribution < 1.29 is 36.6 Å². The fraction of sp³-hybridized carbons (Fsp3) is 0.310. The van der Waals surface area contributed by atoms with Crippen molar-refractivity contribution in [2.24, 2.45) is 0 Å². The molecule has 0 spiro atoms. The highest BCUT2D eigenvalue weighted by Gasteiger charge is 2.34. The highest BCUT2D eigenvalue weighted by atomic mass is 32.2. The number of methoxy groups -OCH3 is 3. The van der Waals surface area contributed by atoms with E-state index < -0.39 is 40.2 Å². The first-order valence-electron chi connectivity index (χ1n) is 12.7. The van der Waals surface area contributed by atoms with E-state index in [1.807, 2.05) is 0 Å². The lowest BCUT2D eigenvalue weighted by Crippen LogP contribution is -2.51. The minimum Gasteiger partial charge on any atom is -0.497 e. The summed E-state index contributed by atoms with van der Waals surface area (Å²) in [6, 6.07) is 14.9. The molecule has 0 bridgehead atoms. The molecule has 0 aliphatic carbocycles. The van der Waals surface area contributed by atoms with Crippen molar-refractivity contribution in [1.29, 1.82) is 0 Å². The van der Waals surface area contributed by atoms with Crippen LogP contribution < -0.4 is 23.8 Å². The summed E-state index contributed by atoms with van der Waals surface area (Å²) in [6.45, 7) is 1.13. The number of anilines is 1. The maximum absolute atomic E-state index is 14.0. The Morgan fingerprint density at radius 2 is 1.54 bits per heavy atom. The zero-order valence-corrected chi connectivity index (χ0v) is 24.4. The largest absolute Gasteiger partial charge is 0.497 e. The molecule has 0 aliphatic rings. The Morgan fingerprint density at radius 1 is 0.902 bits per heavy atom. The molecule has 0 saturated heterocycles. The highest BCUT2D eigenvalue weighted by Crippen LogP contribution is 2.32. The molecule has 1 N–H and O–H groups in total. The van der Waals surface area contributed by atoms with Gasteiger partial charge < -0.3 is 24.4 Å². The molecule has 220 valence electrons. The van der Waals surface area contributed by atoms with Gasteiger partial charge in [-0.1, -0.05) is 19.1 Å². The Balaban J connectivity index is 2.08. The number of nitrogens with one attached hydrogen (secondary N) is 1. The van der Waals surface area contributed by atoms with Crippen molar-refractivity contribution in [3.8, 4) is 17.2 Å². The average molecular weight is 588 g/mol. The molecule has 0 aromatic heterocycles. The Labute approximate surface area is 239 Å². The number of rotatable bonds is 13. The molecule has 41 heavy (non-hydrogen) atoms. The second-order valence-electron chi connectivity index (χ2n) is 8.91. The number of nitrogens with zero attached hydrogens (tertiary/aromatic N) is 2. The maximum Gasteiger partial charge on any atom is 0.264 e. The summed E-state index contributed by atoms with van der Waals surface area (Å²) in [5, 5.41) is 2.57. The van der Waals surface area contributed by atoms with Crippen LogP contribution in [0.25, 0.3) is 0 Å². The Kier molecular flexibility index (Phi) is 10.5. The summed E-state index contributed by atoms with van der Waals surface area (Å²) in [5.74, 6) is -0.498. The Morgan fingerprint density at radius 3 is 2.07 bits per heavy atom. The van der Waals surface area contributed by atoms with Gasteiger partial charge in [-0.15, -0.1) is 0 Å². The van der Waals surface area contributed by atoms with E-state index in [-0.39, 0.29) is 29.3 Å². The minimum absolute atomic E-state index is 0.0302. The summed E-state index contributed by atoms with van der Waals surface area (Å²) in [4.78, 5) is 27.9.